The molecule has 0 saturated heterocycles. The molecule has 0 radical (unpaired) electrons. The molecule has 0 spiro atoms. The quantitative estimate of drug-likeness (QED) is 0.534. The molecule has 8 heteroatoms. The van der Waals surface area contributed by atoms with Crippen molar-refractivity contribution >= 4 is 16.7 Å². The molecule has 3 aromatic heterocycles. The first-order chi connectivity index (χ1) is 10.3. The SMILES string of the molecule is CCn1c(-n2cncn2)nc2cncc(C(C)=NOC)c21. The smallest absolute Gasteiger partial charge is 0.233 e. The van der Waals surface area contributed by atoms with Gasteiger partial charge in [0.2, 0.25) is 5.95 Å². The third-order valence-corrected chi connectivity index (χ3v) is 3.19. The minimum atomic E-state index is 0.699. The van der Waals surface area contributed by atoms with Crippen LogP contribution >= 0.6 is 0 Å². The summed E-state index contributed by atoms with van der Waals surface area (Å²) in [4.78, 5) is 17.7. The molecule has 21 heavy (non-hydrogen) atoms. The molecule has 0 aromatic carbocycles. The predicted molar refractivity (Wildman–Crippen MR) is 77.3 cm³/mol. The molecule has 3 rings (SSSR count). The van der Waals surface area contributed by atoms with Gasteiger partial charge in [-0.2, -0.15) is 9.78 Å². The van der Waals surface area contributed by atoms with Crippen molar-refractivity contribution < 1.29 is 4.84 Å². The molecule has 0 aliphatic carbocycles. The summed E-state index contributed by atoms with van der Waals surface area (Å²) < 4.78 is 3.69. The van der Waals surface area contributed by atoms with Crippen LogP contribution in [-0.2, 0) is 11.4 Å². The molecule has 0 bridgehead atoms. The van der Waals surface area contributed by atoms with Crippen LogP contribution < -0.4 is 0 Å². The van der Waals surface area contributed by atoms with E-state index in [-0.39, 0.29) is 0 Å². The first kappa shape index (κ1) is 13.2. The second-order valence-corrected chi connectivity index (χ2v) is 4.41. The number of oxime groups is 1. The number of fused-ring (bicyclic) bond motifs is 1. The van der Waals surface area contributed by atoms with Gasteiger partial charge in [0, 0.05) is 18.3 Å². The Bertz CT molecular complexity index is 788. The summed E-state index contributed by atoms with van der Waals surface area (Å²) in [5.41, 5.74) is 3.37. The number of hydrogen-bond donors (Lipinski definition) is 0. The molecule has 0 aliphatic rings. The molecule has 0 aliphatic heterocycles. The number of hydrogen-bond acceptors (Lipinski definition) is 6. The van der Waals surface area contributed by atoms with Gasteiger partial charge in [-0.05, 0) is 13.8 Å². The van der Waals surface area contributed by atoms with Gasteiger partial charge < -0.3 is 9.40 Å². The molecule has 3 heterocycles. The lowest BCUT2D eigenvalue weighted by atomic mass is 10.1. The zero-order chi connectivity index (χ0) is 14.8. The molecular weight excluding hydrogens is 270 g/mol. The average Bonchev–Trinajstić information content (AvgIpc) is 3.13. The topological polar surface area (TPSA) is 83.0 Å². The Balaban J connectivity index is 2.31. The average molecular weight is 285 g/mol. The molecule has 0 unspecified atom stereocenters. The maximum absolute atomic E-state index is 4.86. The van der Waals surface area contributed by atoms with Crippen LogP contribution in [0.5, 0.6) is 0 Å². The molecular formula is C13H15N7O. The van der Waals surface area contributed by atoms with Crippen molar-refractivity contribution in [1.29, 1.82) is 0 Å². The third kappa shape index (κ3) is 2.14. The van der Waals surface area contributed by atoms with Crippen molar-refractivity contribution in [3.8, 4) is 5.95 Å². The Morgan fingerprint density at radius 3 is 2.86 bits per heavy atom. The maximum Gasteiger partial charge on any atom is 0.233 e. The first-order valence-corrected chi connectivity index (χ1v) is 6.53. The van der Waals surface area contributed by atoms with Crippen LogP contribution in [0.2, 0.25) is 0 Å². The summed E-state index contributed by atoms with van der Waals surface area (Å²) in [5.74, 6) is 0.699. The molecule has 0 N–H and O–H groups in total. The first-order valence-electron chi connectivity index (χ1n) is 6.53. The van der Waals surface area contributed by atoms with E-state index in [0.717, 1.165) is 28.9 Å². The monoisotopic (exact) mass is 285 g/mol. The lowest BCUT2D eigenvalue weighted by molar-refractivity contribution is 0.213. The van der Waals surface area contributed by atoms with Crippen molar-refractivity contribution in [2.75, 3.05) is 7.11 Å². The summed E-state index contributed by atoms with van der Waals surface area (Å²) >= 11 is 0. The number of imidazole rings is 1. The number of rotatable bonds is 4. The molecule has 3 aromatic rings. The van der Waals surface area contributed by atoms with Gasteiger partial charge >= 0.3 is 0 Å². The van der Waals surface area contributed by atoms with E-state index in [9.17, 15) is 0 Å². The largest absolute Gasteiger partial charge is 0.399 e. The summed E-state index contributed by atoms with van der Waals surface area (Å²) in [7, 11) is 1.52. The lowest BCUT2D eigenvalue weighted by Gasteiger charge is -2.08. The highest BCUT2D eigenvalue weighted by Gasteiger charge is 2.17. The van der Waals surface area contributed by atoms with Crippen LogP contribution in [0.3, 0.4) is 0 Å². The van der Waals surface area contributed by atoms with Crippen LogP contribution in [0.4, 0.5) is 0 Å². The Labute approximate surface area is 121 Å². The highest BCUT2D eigenvalue weighted by Crippen LogP contribution is 2.22. The molecule has 0 amide bonds. The summed E-state index contributed by atoms with van der Waals surface area (Å²) in [5, 5.41) is 8.14. The molecule has 0 fully saturated rings. The van der Waals surface area contributed by atoms with Crippen molar-refractivity contribution in [3.05, 3.63) is 30.6 Å². The van der Waals surface area contributed by atoms with E-state index in [0.29, 0.717) is 5.95 Å². The van der Waals surface area contributed by atoms with Gasteiger partial charge in [-0.3, -0.25) is 4.98 Å². The molecule has 0 atom stereocenters. The van der Waals surface area contributed by atoms with Crippen LogP contribution in [-0.4, -0.2) is 42.1 Å². The third-order valence-electron chi connectivity index (χ3n) is 3.19. The van der Waals surface area contributed by atoms with Crippen LogP contribution in [0, 0.1) is 0 Å². The second-order valence-electron chi connectivity index (χ2n) is 4.41. The number of pyridine rings is 1. The predicted octanol–water partition coefficient (Wildman–Crippen LogP) is 1.40. The fourth-order valence-corrected chi connectivity index (χ4v) is 2.31. The van der Waals surface area contributed by atoms with Gasteiger partial charge in [0.1, 0.15) is 25.3 Å². The fourth-order valence-electron chi connectivity index (χ4n) is 2.31. The van der Waals surface area contributed by atoms with E-state index in [1.165, 1.54) is 13.4 Å². The standard InChI is InChI=1S/C13H15N7O/c1-4-19-12-10(9(2)18-21-3)5-14-6-11(12)17-13(19)20-8-15-7-16-20/h5-8H,4H2,1-3H3. The minimum absolute atomic E-state index is 0.699. The molecule has 8 nitrogen and oxygen atoms in total. The summed E-state index contributed by atoms with van der Waals surface area (Å²) in [6.45, 7) is 4.67. The van der Waals surface area contributed by atoms with E-state index in [4.69, 9.17) is 4.84 Å². The zero-order valence-corrected chi connectivity index (χ0v) is 12.1. The number of aryl methyl sites for hydroxylation is 1. The van der Waals surface area contributed by atoms with Crippen molar-refractivity contribution in [2.45, 2.75) is 20.4 Å². The Morgan fingerprint density at radius 1 is 1.33 bits per heavy atom. The van der Waals surface area contributed by atoms with Gasteiger partial charge in [-0.25, -0.2) is 9.97 Å². The van der Waals surface area contributed by atoms with Gasteiger partial charge in [-0.15, -0.1) is 0 Å². The van der Waals surface area contributed by atoms with Crippen LogP contribution in [0.15, 0.2) is 30.2 Å². The van der Waals surface area contributed by atoms with Gasteiger partial charge in [-0.1, -0.05) is 5.16 Å². The number of aromatic nitrogens is 6. The maximum atomic E-state index is 4.86. The van der Waals surface area contributed by atoms with Gasteiger partial charge in [0.15, 0.2) is 0 Å². The normalized spacial score (nSPS) is 12.0. The van der Waals surface area contributed by atoms with E-state index < -0.39 is 0 Å². The van der Waals surface area contributed by atoms with E-state index in [2.05, 4.69) is 36.7 Å². The molecule has 108 valence electrons. The Kier molecular flexibility index (Phi) is 3.35. The second kappa shape index (κ2) is 5.31. The summed E-state index contributed by atoms with van der Waals surface area (Å²) in [6, 6.07) is 0. The van der Waals surface area contributed by atoms with Crippen molar-refractivity contribution in [1.82, 2.24) is 29.3 Å². The highest BCUT2D eigenvalue weighted by molar-refractivity contribution is 6.07. The van der Waals surface area contributed by atoms with Crippen LogP contribution in [0.1, 0.15) is 19.4 Å². The Morgan fingerprint density at radius 2 is 2.19 bits per heavy atom. The van der Waals surface area contributed by atoms with E-state index >= 15 is 0 Å². The minimum Gasteiger partial charge on any atom is -0.399 e. The lowest BCUT2D eigenvalue weighted by Crippen LogP contribution is -2.08. The van der Waals surface area contributed by atoms with Crippen molar-refractivity contribution in [2.24, 2.45) is 5.16 Å². The van der Waals surface area contributed by atoms with E-state index in [1.807, 2.05) is 6.92 Å². The Hall–Kier alpha value is -2.77. The van der Waals surface area contributed by atoms with E-state index in [1.54, 1.807) is 23.4 Å². The van der Waals surface area contributed by atoms with Gasteiger partial charge in [0.25, 0.3) is 0 Å². The van der Waals surface area contributed by atoms with Crippen molar-refractivity contribution in [3.63, 3.8) is 0 Å². The number of nitrogens with zero attached hydrogens (tertiary/aromatic N) is 7. The van der Waals surface area contributed by atoms with Crippen LogP contribution in [0.25, 0.3) is 17.0 Å². The molecule has 0 saturated carbocycles. The fraction of sp³-hybridized carbons (Fsp3) is 0.308. The summed E-state index contributed by atoms with van der Waals surface area (Å²) in [6.07, 6.45) is 6.59. The zero-order valence-electron chi connectivity index (χ0n) is 12.1. The van der Waals surface area contributed by atoms with Gasteiger partial charge in [0.05, 0.1) is 17.4 Å². The highest BCUT2D eigenvalue weighted by atomic mass is 16.6.